The van der Waals surface area contributed by atoms with Crippen molar-refractivity contribution in [3.63, 3.8) is 0 Å². The molecule has 2 amide bonds. The van der Waals surface area contributed by atoms with Crippen molar-refractivity contribution in [2.45, 2.75) is 39.0 Å². The van der Waals surface area contributed by atoms with E-state index in [1.807, 2.05) is 0 Å². The fraction of sp³-hybridized carbons (Fsp3) is 0.421. The Labute approximate surface area is 157 Å². The molecule has 1 atom stereocenters. The summed E-state index contributed by atoms with van der Waals surface area (Å²) in [5.41, 5.74) is 0.205. The minimum atomic E-state index is -0.601. The monoisotopic (exact) mass is 374 g/mol. The second-order valence-electron chi connectivity index (χ2n) is 6.55. The van der Waals surface area contributed by atoms with E-state index in [1.165, 1.54) is 28.9 Å². The third-order valence-corrected chi connectivity index (χ3v) is 4.44. The summed E-state index contributed by atoms with van der Waals surface area (Å²) in [6.45, 7) is 3.26. The molecule has 1 aromatic carbocycles. The number of hydrogen-bond acceptors (Lipinski definition) is 4. The highest BCUT2D eigenvalue weighted by atomic mass is 19.1. The van der Waals surface area contributed by atoms with Gasteiger partial charge in [-0.2, -0.15) is 5.10 Å². The Hall–Kier alpha value is -2.90. The van der Waals surface area contributed by atoms with Crippen molar-refractivity contribution >= 4 is 11.8 Å². The van der Waals surface area contributed by atoms with Crippen molar-refractivity contribution in [3.8, 4) is 5.75 Å². The van der Waals surface area contributed by atoms with Gasteiger partial charge in [0.05, 0.1) is 0 Å². The predicted molar refractivity (Wildman–Crippen MR) is 96.6 cm³/mol. The summed E-state index contributed by atoms with van der Waals surface area (Å²) in [5, 5.41) is 6.85. The minimum absolute atomic E-state index is 0.0675. The van der Waals surface area contributed by atoms with E-state index in [2.05, 4.69) is 10.4 Å². The highest BCUT2D eigenvalue weighted by molar-refractivity contribution is 5.95. The Bertz CT molecular complexity index is 785. The first-order chi connectivity index (χ1) is 13.0. The topological polar surface area (TPSA) is 76.5 Å². The third kappa shape index (κ3) is 5.06. The van der Waals surface area contributed by atoms with Crippen LogP contribution in [-0.2, 0) is 11.5 Å². The number of nitrogens with zero attached hydrogens (tertiary/aromatic N) is 3. The van der Waals surface area contributed by atoms with Crippen molar-refractivity contribution in [3.05, 3.63) is 48.0 Å². The molecule has 144 valence electrons. The number of carbonyl (C=O) groups is 2. The predicted octanol–water partition coefficient (Wildman–Crippen LogP) is 2.19. The molecule has 1 fully saturated rings. The summed E-state index contributed by atoms with van der Waals surface area (Å²) in [6.07, 6.45) is 4.76. The normalized spacial score (nSPS) is 15.3. The van der Waals surface area contributed by atoms with Gasteiger partial charge in [-0.1, -0.05) is 0 Å². The van der Waals surface area contributed by atoms with Crippen LogP contribution in [0.5, 0.6) is 5.75 Å². The summed E-state index contributed by atoms with van der Waals surface area (Å²) in [5.74, 6) is -0.317. The van der Waals surface area contributed by atoms with E-state index in [1.54, 1.807) is 24.1 Å². The number of benzene rings is 1. The van der Waals surface area contributed by atoms with Gasteiger partial charge in [-0.15, -0.1) is 0 Å². The maximum atomic E-state index is 12.9. The van der Waals surface area contributed by atoms with Gasteiger partial charge in [0.15, 0.2) is 6.73 Å². The van der Waals surface area contributed by atoms with Gasteiger partial charge in [0.25, 0.3) is 5.91 Å². The van der Waals surface area contributed by atoms with Crippen LogP contribution in [0.25, 0.3) is 0 Å². The van der Waals surface area contributed by atoms with Crippen LogP contribution < -0.4 is 10.1 Å². The Morgan fingerprint density at radius 3 is 2.59 bits per heavy atom. The van der Waals surface area contributed by atoms with Gasteiger partial charge in [0, 0.05) is 19.3 Å². The molecule has 0 saturated carbocycles. The number of piperidine rings is 1. The number of carbonyl (C=O) groups excluding carboxylic acids is 2. The molecular formula is C19H23FN4O3. The molecule has 1 N–H and O–H groups in total. The molecule has 2 heterocycles. The Kier molecular flexibility index (Phi) is 6.05. The van der Waals surface area contributed by atoms with E-state index in [4.69, 9.17) is 4.74 Å². The van der Waals surface area contributed by atoms with Crippen molar-refractivity contribution in [2.24, 2.45) is 0 Å². The summed E-state index contributed by atoms with van der Waals surface area (Å²) in [4.78, 5) is 26.5. The molecule has 7 nitrogen and oxygen atoms in total. The smallest absolute Gasteiger partial charge is 0.272 e. The van der Waals surface area contributed by atoms with Gasteiger partial charge in [-0.3, -0.25) is 9.59 Å². The van der Waals surface area contributed by atoms with E-state index in [0.29, 0.717) is 5.75 Å². The molecule has 3 rings (SSSR count). The second kappa shape index (κ2) is 8.66. The van der Waals surface area contributed by atoms with Crippen LogP contribution in [0.4, 0.5) is 4.39 Å². The molecule has 1 aliphatic heterocycles. The number of rotatable bonds is 6. The van der Waals surface area contributed by atoms with Crippen LogP contribution in [0.3, 0.4) is 0 Å². The van der Waals surface area contributed by atoms with Crippen LogP contribution in [0.15, 0.2) is 36.5 Å². The molecule has 0 spiro atoms. The van der Waals surface area contributed by atoms with E-state index in [-0.39, 0.29) is 24.1 Å². The average molecular weight is 374 g/mol. The van der Waals surface area contributed by atoms with Gasteiger partial charge in [0.2, 0.25) is 5.91 Å². The maximum absolute atomic E-state index is 12.9. The SMILES string of the molecule is C[C@@H](NC(=O)c1ccn(COc2ccc(F)cc2)n1)C(=O)N1CCCCC1. The molecule has 0 aliphatic carbocycles. The zero-order chi connectivity index (χ0) is 19.2. The van der Waals surface area contributed by atoms with Crippen molar-refractivity contribution in [2.75, 3.05) is 13.1 Å². The van der Waals surface area contributed by atoms with Crippen molar-refractivity contribution in [1.29, 1.82) is 0 Å². The first-order valence-corrected chi connectivity index (χ1v) is 9.04. The number of likely N-dealkylation sites (tertiary alicyclic amines) is 1. The Balaban J connectivity index is 1.51. The fourth-order valence-electron chi connectivity index (χ4n) is 2.95. The molecule has 1 saturated heterocycles. The Morgan fingerprint density at radius 2 is 1.89 bits per heavy atom. The van der Waals surface area contributed by atoms with Gasteiger partial charge < -0.3 is 15.0 Å². The van der Waals surface area contributed by atoms with E-state index in [9.17, 15) is 14.0 Å². The van der Waals surface area contributed by atoms with Crippen LogP contribution in [0.2, 0.25) is 0 Å². The van der Waals surface area contributed by atoms with Crippen LogP contribution >= 0.6 is 0 Å². The van der Waals surface area contributed by atoms with E-state index < -0.39 is 11.9 Å². The molecule has 1 aromatic heterocycles. The molecule has 0 unspecified atom stereocenters. The number of hydrogen-bond donors (Lipinski definition) is 1. The number of halogens is 1. The van der Waals surface area contributed by atoms with Gasteiger partial charge >= 0.3 is 0 Å². The van der Waals surface area contributed by atoms with Crippen molar-refractivity contribution in [1.82, 2.24) is 20.0 Å². The Morgan fingerprint density at radius 1 is 1.19 bits per heavy atom. The molecular weight excluding hydrogens is 351 g/mol. The van der Waals surface area contributed by atoms with E-state index >= 15 is 0 Å². The lowest BCUT2D eigenvalue weighted by Crippen LogP contribution is -2.48. The highest BCUT2D eigenvalue weighted by Crippen LogP contribution is 2.12. The standard InChI is InChI=1S/C19H23FN4O3/c1-14(19(26)23-10-3-2-4-11-23)21-18(25)17-9-12-24(22-17)13-27-16-7-5-15(20)6-8-16/h5-9,12,14H,2-4,10-11,13H2,1H3,(H,21,25)/t14-/m1/s1. The van der Waals surface area contributed by atoms with Gasteiger partial charge in [0.1, 0.15) is 23.3 Å². The summed E-state index contributed by atoms with van der Waals surface area (Å²) < 4.78 is 19.8. The lowest BCUT2D eigenvalue weighted by Gasteiger charge is -2.29. The first kappa shape index (κ1) is 18.9. The fourth-order valence-corrected chi connectivity index (χ4v) is 2.95. The van der Waals surface area contributed by atoms with Crippen LogP contribution in [0.1, 0.15) is 36.7 Å². The molecule has 8 heteroatoms. The van der Waals surface area contributed by atoms with Gasteiger partial charge in [-0.25, -0.2) is 9.07 Å². The van der Waals surface area contributed by atoms with Crippen LogP contribution in [-0.4, -0.2) is 45.6 Å². The number of nitrogens with one attached hydrogen (secondary N) is 1. The number of ether oxygens (including phenoxy) is 1. The number of aromatic nitrogens is 2. The van der Waals surface area contributed by atoms with E-state index in [0.717, 1.165) is 32.4 Å². The van der Waals surface area contributed by atoms with Crippen molar-refractivity contribution < 1.29 is 18.7 Å². The van der Waals surface area contributed by atoms with Gasteiger partial charge in [-0.05, 0) is 56.5 Å². The zero-order valence-electron chi connectivity index (χ0n) is 15.2. The summed E-state index contributed by atoms with van der Waals surface area (Å²) in [6, 6.07) is 6.59. The average Bonchev–Trinajstić information content (AvgIpc) is 3.17. The minimum Gasteiger partial charge on any atom is -0.471 e. The largest absolute Gasteiger partial charge is 0.471 e. The second-order valence-corrected chi connectivity index (χ2v) is 6.55. The highest BCUT2D eigenvalue weighted by Gasteiger charge is 2.24. The lowest BCUT2D eigenvalue weighted by molar-refractivity contribution is -0.133. The molecule has 0 bridgehead atoms. The molecule has 1 aliphatic rings. The molecule has 27 heavy (non-hydrogen) atoms. The summed E-state index contributed by atoms with van der Waals surface area (Å²) >= 11 is 0. The zero-order valence-corrected chi connectivity index (χ0v) is 15.2. The lowest BCUT2D eigenvalue weighted by atomic mass is 10.1. The number of amides is 2. The molecule has 0 radical (unpaired) electrons. The van der Waals surface area contributed by atoms with Crippen LogP contribution in [0, 0.1) is 5.82 Å². The molecule has 2 aromatic rings. The maximum Gasteiger partial charge on any atom is 0.272 e. The third-order valence-electron chi connectivity index (χ3n) is 4.44. The summed E-state index contributed by atoms with van der Waals surface area (Å²) in [7, 11) is 0. The quantitative estimate of drug-likeness (QED) is 0.841. The first-order valence-electron chi connectivity index (χ1n) is 9.04.